The highest BCUT2D eigenvalue weighted by atomic mass is 14.6. The second kappa shape index (κ2) is 4.12. The Kier molecular flexibility index (Phi) is 2.66. The van der Waals surface area contributed by atoms with Gasteiger partial charge in [-0.05, 0) is 73.5 Å². The normalized spacial score (nSPS) is 50.2. The molecular weight excluding hydrogens is 240 g/mol. The molecule has 5 atom stereocenters. The predicted octanol–water partition coefficient (Wildman–Crippen LogP) is 5.67. The topological polar surface area (TPSA) is 0 Å². The van der Waals surface area contributed by atoms with Crippen LogP contribution in [0, 0.1) is 28.6 Å². The van der Waals surface area contributed by atoms with Crippen LogP contribution in [-0.4, -0.2) is 0 Å². The molecule has 4 rings (SSSR count). The lowest BCUT2D eigenvalue weighted by molar-refractivity contribution is -0.0232. The highest BCUT2D eigenvalue weighted by molar-refractivity contribution is 5.33. The Balaban J connectivity index is 1.70. The Labute approximate surface area is 124 Å². The van der Waals surface area contributed by atoms with Gasteiger partial charge in [-0.15, -0.1) is 0 Å². The van der Waals surface area contributed by atoms with E-state index in [0.29, 0.717) is 10.8 Å². The lowest BCUT2D eigenvalue weighted by Gasteiger charge is -2.57. The number of hydrogen-bond donors (Lipinski definition) is 0. The van der Waals surface area contributed by atoms with E-state index in [1.165, 1.54) is 50.5 Å². The van der Waals surface area contributed by atoms with Crippen molar-refractivity contribution >= 4 is 0 Å². The molecule has 4 aliphatic rings. The molecule has 0 saturated heterocycles. The van der Waals surface area contributed by atoms with E-state index in [4.69, 9.17) is 0 Å². The lowest BCUT2D eigenvalue weighted by atomic mass is 9.47. The number of rotatable bonds is 0. The maximum atomic E-state index is 4.22. The largest absolute Gasteiger partial charge is 0.0958 e. The number of fused-ring (bicyclic) bond motifs is 5. The first-order chi connectivity index (χ1) is 9.53. The molecule has 0 spiro atoms. The van der Waals surface area contributed by atoms with Crippen LogP contribution in [0.4, 0.5) is 0 Å². The quantitative estimate of drug-likeness (QED) is 0.496. The molecule has 0 heterocycles. The molecule has 2 fully saturated rings. The Morgan fingerprint density at radius 2 is 1.95 bits per heavy atom. The average Bonchev–Trinajstić information content (AvgIpc) is 2.81. The van der Waals surface area contributed by atoms with Gasteiger partial charge in [0.25, 0.3) is 0 Å². The first-order valence-corrected chi connectivity index (χ1v) is 8.59. The van der Waals surface area contributed by atoms with Crippen LogP contribution in [0.15, 0.2) is 36.0 Å². The van der Waals surface area contributed by atoms with Crippen LogP contribution < -0.4 is 0 Å². The minimum Gasteiger partial charge on any atom is -0.0958 e. The molecule has 0 aromatic carbocycles. The van der Waals surface area contributed by atoms with Crippen LogP contribution in [0.5, 0.6) is 0 Å². The monoisotopic (exact) mass is 268 g/mol. The van der Waals surface area contributed by atoms with E-state index in [0.717, 1.165) is 17.8 Å². The third kappa shape index (κ3) is 1.60. The van der Waals surface area contributed by atoms with Crippen molar-refractivity contribution in [1.82, 2.24) is 0 Å². The summed E-state index contributed by atoms with van der Waals surface area (Å²) in [6, 6.07) is 0. The van der Waals surface area contributed by atoms with Crippen molar-refractivity contribution in [2.45, 2.75) is 58.8 Å². The van der Waals surface area contributed by atoms with Crippen molar-refractivity contribution in [1.29, 1.82) is 0 Å². The summed E-state index contributed by atoms with van der Waals surface area (Å²) in [5.74, 6) is 2.84. The molecule has 20 heavy (non-hydrogen) atoms. The van der Waals surface area contributed by atoms with E-state index in [-0.39, 0.29) is 0 Å². The molecule has 0 N–H and O–H groups in total. The summed E-state index contributed by atoms with van der Waals surface area (Å²) < 4.78 is 0. The molecule has 108 valence electrons. The van der Waals surface area contributed by atoms with Crippen LogP contribution >= 0.6 is 0 Å². The van der Waals surface area contributed by atoms with E-state index >= 15 is 0 Å². The van der Waals surface area contributed by atoms with Crippen LogP contribution in [0.25, 0.3) is 0 Å². The van der Waals surface area contributed by atoms with Crippen LogP contribution in [-0.2, 0) is 0 Å². The first kappa shape index (κ1) is 12.9. The molecule has 0 nitrogen and oxygen atoms in total. The van der Waals surface area contributed by atoms with Gasteiger partial charge in [0.15, 0.2) is 0 Å². The number of hydrogen-bond acceptors (Lipinski definition) is 0. The van der Waals surface area contributed by atoms with Gasteiger partial charge in [-0.1, -0.05) is 49.8 Å². The van der Waals surface area contributed by atoms with Gasteiger partial charge in [0.1, 0.15) is 0 Å². The van der Waals surface area contributed by atoms with E-state index < -0.39 is 0 Å². The molecule has 0 amide bonds. The molecule has 0 bridgehead atoms. The summed E-state index contributed by atoms with van der Waals surface area (Å²) in [4.78, 5) is 0. The fourth-order valence-electron chi connectivity index (χ4n) is 6.13. The zero-order valence-corrected chi connectivity index (χ0v) is 13.1. The third-order valence-corrected chi connectivity index (χ3v) is 7.41. The molecule has 4 aliphatic carbocycles. The smallest absolute Gasteiger partial charge is 0.00790 e. The van der Waals surface area contributed by atoms with Crippen molar-refractivity contribution in [3.8, 4) is 0 Å². The SMILES string of the molecule is C=C1C=C2CCC3C4CC=C[C@@]4(C)CCC3[C@@]2(C)CC1. The third-order valence-electron chi connectivity index (χ3n) is 7.41. The van der Waals surface area contributed by atoms with Gasteiger partial charge in [-0.2, -0.15) is 0 Å². The van der Waals surface area contributed by atoms with Gasteiger partial charge in [-0.3, -0.25) is 0 Å². The number of allylic oxidation sites excluding steroid dienone is 5. The summed E-state index contributed by atoms with van der Waals surface area (Å²) in [5.41, 5.74) is 4.13. The predicted molar refractivity (Wildman–Crippen MR) is 85.4 cm³/mol. The highest BCUT2D eigenvalue weighted by Gasteiger charge is 2.54. The van der Waals surface area contributed by atoms with E-state index in [1.54, 1.807) is 5.57 Å². The van der Waals surface area contributed by atoms with Gasteiger partial charge in [0.2, 0.25) is 0 Å². The molecule has 0 aromatic heterocycles. The van der Waals surface area contributed by atoms with Crippen molar-refractivity contribution in [2.75, 3.05) is 0 Å². The van der Waals surface area contributed by atoms with Gasteiger partial charge < -0.3 is 0 Å². The zero-order valence-electron chi connectivity index (χ0n) is 13.1. The highest BCUT2D eigenvalue weighted by Crippen LogP contribution is 2.64. The Morgan fingerprint density at radius 3 is 2.80 bits per heavy atom. The van der Waals surface area contributed by atoms with E-state index in [2.05, 4.69) is 38.7 Å². The van der Waals surface area contributed by atoms with Crippen molar-refractivity contribution in [3.63, 3.8) is 0 Å². The summed E-state index contributed by atoms with van der Waals surface area (Å²) in [5, 5.41) is 0. The Morgan fingerprint density at radius 1 is 1.10 bits per heavy atom. The second-order valence-corrected chi connectivity index (χ2v) is 8.34. The molecule has 0 radical (unpaired) electrons. The summed E-state index contributed by atoms with van der Waals surface area (Å²) in [6.07, 6.45) is 17.0. The fourth-order valence-corrected chi connectivity index (χ4v) is 6.13. The van der Waals surface area contributed by atoms with Crippen molar-refractivity contribution in [3.05, 3.63) is 36.0 Å². The van der Waals surface area contributed by atoms with Crippen molar-refractivity contribution in [2.24, 2.45) is 28.6 Å². The van der Waals surface area contributed by atoms with Crippen LogP contribution in [0.1, 0.15) is 58.8 Å². The minimum absolute atomic E-state index is 0.494. The molecule has 2 saturated carbocycles. The molecule has 0 aromatic rings. The standard InChI is InChI=1S/C20H28/c1-14-8-12-20(3)15(13-14)6-7-16-17-5-4-10-19(17,2)11-9-18(16)20/h4,10,13,16-18H,1,5-9,11-12H2,2-3H3/t16?,17?,18?,19-,20-/m0/s1. The Hall–Kier alpha value is -0.780. The van der Waals surface area contributed by atoms with E-state index in [9.17, 15) is 0 Å². The van der Waals surface area contributed by atoms with Gasteiger partial charge in [-0.25, -0.2) is 0 Å². The summed E-state index contributed by atoms with van der Waals surface area (Å²) in [6.45, 7) is 9.32. The maximum absolute atomic E-state index is 4.22. The summed E-state index contributed by atoms with van der Waals surface area (Å²) >= 11 is 0. The molecular formula is C20H28. The summed E-state index contributed by atoms with van der Waals surface area (Å²) in [7, 11) is 0. The average molecular weight is 268 g/mol. The van der Waals surface area contributed by atoms with Crippen molar-refractivity contribution < 1.29 is 0 Å². The van der Waals surface area contributed by atoms with Gasteiger partial charge in [0, 0.05) is 0 Å². The molecule has 0 heteroatoms. The first-order valence-electron chi connectivity index (χ1n) is 8.59. The molecule has 3 unspecified atom stereocenters. The minimum atomic E-state index is 0.494. The fraction of sp³-hybridized carbons (Fsp3) is 0.700. The lowest BCUT2D eigenvalue weighted by Crippen LogP contribution is -2.48. The Bertz CT molecular complexity index is 508. The van der Waals surface area contributed by atoms with Gasteiger partial charge >= 0.3 is 0 Å². The van der Waals surface area contributed by atoms with Gasteiger partial charge in [0.05, 0.1) is 0 Å². The van der Waals surface area contributed by atoms with Crippen LogP contribution in [0.2, 0.25) is 0 Å². The van der Waals surface area contributed by atoms with E-state index in [1.807, 2.05) is 0 Å². The maximum Gasteiger partial charge on any atom is -0.00790 e. The zero-order chi connectivity index (χ0) is 14.0. The second-order valence-electron chi connectivity index (χ2n) is 8.34. The molecule has 0 aliphatic heterocycles. The van der Waals surface area contributed by atoms with Crippen LogP contribution in [0.3, 0.4) is 0 Å².